The topological polar surface area (TPSA) is 74.2 Å². The third kappa shape index (κ3) is 2.49. The Labute approximate surface area is 161 Å². The number of ether oxygens (including phenoxy) is 1. The molecule has 1 spiro atoms. The van der Waals surface area contributed by atoms with E-state index in [1.54, 1.807) is 0 Å². The lowest BCUT2D eigenvalue weighted by atomic mass is 9.43. The molecule has 3 fully saturated rings. The Balaban J connectivity index is 1.74. The number of rotatable bonds is 3. The van der Waals surface area contributed by atoms with Gasteiger partial charge in [0.2, 0.25) is 0 Å². The Bertz CT molecular complexity index is 672. The number of methoxy groups -OCH3 is 1. The van der Waals surface area contributed by atoms with Gasteiger partial charge in [-0.1, -0.05) is 13.3 Å². The van der Waals surface area contributed by atoms with Crippen molar-refractivity contribution in [1.82, 2.24) is 0 Å². The average molecular weight is 380 g/mol. The summed E-state index contributed by atoms with van der Waals surface area (Å²) in [6.07, 6.45) is 7.39. The summed E-state index contributed by atoms with van der Waals surface area (Å²) in [5.74, 6) is 0.451. The molecule has 2 heterocycles. The number of hydrogen-bond donors (Lipinski definition) is 1. The van der Waals surface area contributed by atoms with Gasteiger partial charge in [-0.05, 0) is 75.9 Å². The lowest BCUT2D eigenvalue weighted by Gasteiger charge is -2.65. The van der Waals surface area contributed by atoms with Crippen LogP contribution in [0.5, 0.6) is 0 Å². The predicted molar refractivity (Wildman–Crippen MR) is 97.5 cm³/mol. The lowest BCUT2D eigenvalue weighted by molar-refractivity contribution is -0.438. The van der Waals surface area contributed by atoms with Crippen LogP contribution < -0.4 is 0 Å². The molecule has 0 aromatic heterocycles. The summed E-state index contributed by atoms with van der Waals surface area (Å²) in [6.45, 7) is 8.10. The van der Waals surface area contributed by atoms with Crippen molar-refractivity contribution < 1.29 is 29.5 Å². The molecule has 2 saturated carbocycles. The largest absolute Gasteiger partial charge is 0.469 e. The van der Waals surface area contributed by atoms with E-state index in [2.05, 4.69) is 19.9 Å². The minimum atomic E-state index is -0.808. The zero-order chi connectivity index (χ0) is 19.7. The number of hydrogen-bond acceptors (Lipinski definition) is 6. The number of carbonyl (C=O) groups is 1. The van der Waals surface area contributed by atoms with Gasteiger partial charge in [0.15, 0.2) is 0 Å². The summed E-state index contributed by atoms with van der Waals surface area (Å²) in [5, 5.41) is 9.37. The molecule has 0 radical (unpaired) electrons. The maximum Gasteiger partial charge on any atom is 0.311 e. The van der Waals surface area contributed by atoms with Crippen LogP contribution in [0.4, 0.5) is 0 Å². The second kappa shape index (κ2) is 6.02. The molecule has 0 aromatic carbocycles. The van der Waals surface area contributed by atoms with Crippen molar-refractivity contribution >= 4 is 5.97 Å². The quantitative estimate of drug-likeness (QED) is 0.345. The van der Waals surface area contributed by atoms with Crippen LogP contribution in [0.1, 0.15) is 66.2 Å². The van der Waals surface area contributed by atoms with E-state index in [-0.39, 0.29) is 29.3 Å². The molecule has 2 bridgehead atoms. The molecule has 5 aliphatic rings. The Hall–Kier alpha value is -0.950. The fraction of sp³-hybridized carbons (Fsp3) is 0.857. The minimum absolute atomic E-state index is 0.0201. The molecule has 0 unspecified atom stereocenters. The van der Waals surface area contributed by atoms with Gasteiger partial charge in [-0.15, -0.1) is 0 Å². The van der Waals surface area contributed by atoms with Gasteiger partial charge < -0.3 is 4.74 Å². The molecule has 6 atom stereocenters. The van der Waals surface area contributed by atoms with Crippen molar-refractivity contribution in [3.63, 3.8) is 0 Å². The summed E-state index contributed by atoms with van der Waals surface area (Å²) in [5.41, 5.74) is -0.841. The zero-order valence-electron chi connectivity index (χ0n) is 17.0. The van der Waals surface area contributed by atoms with Crippen molar-refractivity contribution in [2.24, 2.45) is 22.7 Å². The smallest absolute Gasteiger partial charge is 0.311 e. The molecular formula is C21H32O6. The van der Waals surface area contributed by atoms with E-state index in [1.807, 2.05) is 13.8 Å². The lowest BCUT2D eigenvalue weighted by Crippen LogP contribution is -2.66. The third-order valence-corrected chi connectivity index (χ3v) is 8.28. The Morgan fingerprint density at radius 3 is 2.67 bits per heavy atom. The van der Waals surface area contributed by atoms with E-state index < -0.39 is 16.6 Å². The first-order chi connectivity index (χ1) is 12.6. The van der Waals surface area contributed by atoms with Crippen molar-refractivity contribution in [3.8, 4) is 0 Å². The zero-order valence-corrected chi connectivity index (χ0v) is 17.0. The van der Waals surface area contributed by atoms with Crippen LogP contribution >= 0.6 is 0 Å². The van der Waals surface area contributed by atoms with Crippen LogP contribution in [0.3, 0.4) is 0 Å². The van der Waals surface area contributed by atoms with Crippen LogP contribution in [-0.2, 0) is 24.2 Å². The van der Waals surface area contributed by atoms with Gasteiger partial charge in [0.25, 0.3) is 0 Å². The number of esters is 1. The molecule has 0 aromatic rings. The molecule has 6 heteroatoms. The number of fused-ring (bicyclic) bond motifs is 2. The normalized spacial score (nSPS) is 46.3. The maximum absolute atomic E-state index is 12.7. The van der Waals surface area contributed by atoms with Crippen LogP contribution in [0.2, 0.25) is 0 Å². The fourth-order valence-electron chi connectivity index (χ4n) is 6.87. The van der Waals surface area contributed by atoms with Gasteiger partial charge in [0, 0.05) is 5.92 Å². The van der Waals surface area contributed by atoms with E-state index in [9.17, 15) is 10.1 Å². The number of carbonyl (C=O) groups excluding carboxylic acids is 1. The summed E-state index contributed by atoms with van der Waals surface area (Å²) in [7, 11) is 1.50. The minimum Gasteiger partial charge on any atom is -0.469 e. The van der Waals surface area contributed by atoms with Gasteiger partial charge in [-0.3, -0.25) is 10.1 Å². The fourth-order valence-corrected chi connectivity index (χ4v) is 6.87. The highest BCUT2D eigenvalue weighted by Gasteiger charge is 2.67. The standard InChI is InChI=1S/C21H32O6/c1-18(2,26-23)13-12-21-10-7-15-19(3,16(21)11-14(13)25-27-21)8-6-9-20(15,4)17(22)24-5/h12,14-16,23H,6-11H2,1-5H3/t14-,15-,16+,19-,20-,21-/m0/s1. The Kier molecular flexibility index (Phi) is 4.32. The highest BCUT2D eigenvalue weighted by Crippen LogP contribution is 2.67. The monoisotopic (exact) mass is 380 g/mol. The second-order valence-corrected chi connectivity index (χ2v) is 9.97. The van der Waals surface area contributed by atoms with Crippen LogP contribution in [-0.4, -0.2) is 35.6 Å². The van der Waals surface area contributed by atoms with Crippen molar-refractivity contribution in [2.75, 3.05) is 7.11 Å². The predicted octanol–water partition coefficient (Wildman–Crippen LogP) is 4.05. The Morgan fingerprint density at radius 1 is 1.26 bits per heavy atom. The van der Waals surface area contributed by atoms with Crippen molar-refractivity contribution in [3.05, 3.63) is 11.6 Å². The maximum atomic E-state index is 12.7. The summed E-state index contributed by atoms with van der Waals surface area (Å²) in [6, 6.07) is 0. The van der Waals surface area contributed by atoms with E-state index in [1.165, 1.54) is 7.11 Å². The van der Waals surface area contributed by atoms with Gasteiger partial charge in [-0.2, -0.15) is 0 Å². The van der Waals surface area contributed by atoms with E-state index >= 15 is 0 Å². The van der Waals surface area contributed by atoms with Gasteiger partial charge in [-0.25, -0.2) is 14.7 Å². The molecule has 3 aliphatic carbocycles. The third-order valence-electron chi connectivity index (χ3n) is 8.28. The Morgan fingerprint density at radius 2 is 2.00 bits per heavy atom. The van der Waals surface area contributed by atoms with Gasteiger partial charge in [0.05, 0.1) is 12.5 Å². The average Bonchev–Trinajstić information content (AvgIpc) is 2.66. The summed E-state index contributed by atoms with van der Waals surface area (Å²) >= 11 is 0. The highest BCUT2D eigenvalue weighted by atomic mass is 17.2. The molecule has 1 saturated heterocycles. The van der Waals surface area contributed by atoms with E-state index in [4.69, 9.17) is 19.4 Å². The molecule has 0 amide bonds. The van der Waals surface area contributed by atoms with Crippen LogP contribution in [0.25, 0.3) is 0 Å². The SMILES string of the molecule is COC(=O)[C@@]1(C)CCC[C@]2(C)[C@H]3C[C@@H]4OO[C@]3(C=C4C(C)(C)OO)CC[C@@H]21. The second-order valence-electron chi connectivity index (χ2n) is 9.97. The molecule has 6 nitrogen and oxygen atoms in total. The van der Waals surface area contributed by atoms with Crippen molar-refractivity contribution in [1.29, 1.82) is 0 Å². The highest BCUT2D eigenvalue weighted by molar-refractivity contribution is 5.77. The summed E-state index contributed by atoms with van der Waals surface area (Å²) < 4.78 is 5.21. The summed E-state index contributed by atoms with van der Waals surface area (Å²) in [4.78, 5) is 29.2. The van der Waals surface area contributed by atoms with Gasteiger partial charge in [0.1, 0.15) is 17.3 Å². The molecular weight excluding hydrogens is 348 g/mol. The molecule has 1 N–H and O–H groups in total. The molecule has 2 aliphatic heterocycles. The van der Waals surface area contributed by atoms with E-state index in [0.717, 1.165) is 44.1 Å². The van der Waals surface area contributed by atoms with Crippen LogP contribution in [0.15, 0.2) is 11.6 Å². The first-order valence-electron chi connectivity index (χ1n) is 10.1. The molecule has 27 heavy (non-hydrogen) atoms. The molecule has 152 valence electrons. The molecule has 5 rings (SSSR count). The van der Waals surface area contributed by atoms with Crippen molar-refractivity contribution in [2.45, 2.75) is 83.5 Å². The first-order valence-corrected chi connectivity index (χ1v) is 10.1. The van der Waals surface area contributed by atoms with Gasteiger partial charge >= 0.3 is 5.97 Å². The van der Waals surface area contributed by atoms with Crippen LogP contribution in [0, 0.1) is 22.7 Å². The van der Waals surface area contributed by atoms with E-state index in [0.29, 0.717) is 0 Å². The first kappa shape index (κ1) is 19.4.